The van der Waals surface area contributed by atoms with Crippen LogP contribution in [-0.4, -0.2) is 29.7 Å². The Morgan fingerprint density at radius 1 is 1.00 bits per heavy atom. The van der Waals surface area contributed by atoms with Gasteiger partial charge in [0, 0.05) is 21.5 Å². The quantitative estimate of drug-likeness (QED) is 0.194. The molecule has 1 unspecified atom stereocenters. The lowest BCUT2D eigenvalue weighted by molar-refractivity contribution is -0.123. The maximum Gasteiger partial charge on any atom is 0.271 e. The lowest BCUT2D eigenvalue weighted by atomic mass is 10.0. The second-order valence-corrected chi connectivity index (χ2v) is 9.04. The van der Waals surface area contributed by atoms with E-state index < -0.39 is 5.91 Å². The van der Waals surface area contributed by atoms with Gasteiger partial charge in [0.2, 0.25) is 0 Å². The number of carbonyl (C=O) groups is 2. The van der Waals surface area contributed by atoms with E-state index in [0.29, 0.717) is 10.8 Å². The topological polar surface area (TPSA) is 100 Å². The first kappa shape index (κ1) is 26.0. The molecule has 0 saturated carbocycles. The Kier molecular flexibility index (Phi) is 8.28. The van der Waals surface area contributed by atoms with E-state index in [-0.39, 0.29) is 34.9 Å². The summed E-state index contributed by atoms with van der Waals surface area (Å²) in [6.45, 7) is 1.74. The molecule has 4 aromatic carbocycles. The van der Waals surface area contributed by atoms with Gasteiger partial charge in [0.15, 0.2) is 6.61 Å². The number of carbonyl (C=O) groups excluding carboxylic acids is 2. The van der Waals surface area contributed by atoms with E-state index in [1.54, 1.807) is 24.3 Å². The molecule has 1 atom stereocenters. The molecule has 188 valence electrons. The van der Waals surface area contributed by atoms with Crippen LogP contribution < -0.4 is 15.5 Å². The number of fused-ring (bicyclic) bond motifs is 1. The molecule has 2 amide bonds. The monoisotopic (exact) mass is 535 g/mol. The molecule has 7 nitrogen and oxygen atoms in total. The maximum atomic E-state index is 12.5. The first-order valence-electron chi connectivity index (χ1n) is 11.3. The average molecular weight is 536 g/mol. The minimum absolute atomic E-state index is 0.0753. The van der Waals surface area contributed by atoms with Crippen LogP contribution in [-0.2, 0) is 4.79 Å². The van der Waals surface area contributed by atoms with Crippen LogP contribution >= 0.6 is 23.2 Å². The highest BCUT2D eigenvalue weighted by molar-refractivity contribution is 6.32. The molecule has 0 aliphatic heterocycles. The molecule has 0 radical (unpaired) electrons. The number of ether oxygens (including phenoxy) is 1. The number of phenols is 1. The van der Waals surface area contributed by atoms with Gasteiger partial charge in [-0.3, -0.25) is 9.59 Å². The fourth-order valence-corrected chi connectivity index (χ4v) is 3.97. The van der Waals surface area contributed by atoms with Crippen LogP contribution in [0.3, 0.4) is 0 Å². The number of phenolic OH excluding ortho intramolecular Hbond substituents is 1. The van der Waals surface area contributed by atoms with Gasteiger partial charge in [-0.1, -0.05) is 59.6 Å². The molecule has 0 aromatic heterocycles. The van der Waals surface area contributed by atoms with Gasteiger partial charge in [-0.2, -0.15) is 5.10 Å². The third-order valence-corrected chi connectivity index (χ3v) is 6.16. The highest BCUT2D eigenvalue weighted by Gasteiger charge is 2.12. The minimum atomic E-state index is -0.471. The number of nitrogens with one attached hydrogen (secondary N) is 2. The van der Waals surface area contributed by atoms with Gasteiger partial charge in [0.05, 0.1) is 17.3 Å². The van der Waals surface area contributed by atoms with Gasteiger partial charge in [0.1, 0.15) is 11.5 Å². The number of hydrogen-bond acceptors (Lipinski definition) is 5. The molecule has 0 aliphatic carbocycles. The minimum Gasteiger partial charge on any atom is -0.506 e. The van der Waals surface area contributed by atoms with Crippen LogP contribution in [0.2, 0.25) is 10.0 Å². The van der Waals surface area contributed by atoms with Crippen molar-refractivity contribution in [3.63, 3.8) is 0 Å². The van der Waals surface area contributed by atoms with Gasteiger partial charge >= 0.3 is 0 Å². The second kappa shape index (κ2) is 11.8. The van der Waals surface area contributed by atoms with E-state index >= 15 is 0 Å². The van der Waals surface area contributed by atoms with Crippen molar-refractivity contribution in [2.75, 3.05) is 6.61 Å². The van der Waals surface area contributed by atoms with Crippen LogP contribution in [0.15, 0.2) is 84.0 Å². The molecule has 37 heavy (non-hydrogen) atoms. The summed E-state index contributed by atoms with van der Waals surface area (Å²) in [4.78, 5) is 24.8. The third-order valence-electron chi connectivity index (χ3n) is 5.60. The zero-order chi connectivity index (χ0) is 26.4. The van der Waals surface area contributed by atoms with E-state index in [2.05, 4.69) is 15.8 Å². The van der Waals surface area contributed by atoms with E-state index in [4.69, 9.17) is 27.9 Å². The van der Waals surface area contributed by atoms with Gasteiger partial charge < -0.3 is 15.2 Å². The second-order valence-electron chi connectivity index (χ2n) is 8.19. The molecule has 4 aromatic rings. The fourth-order valence-electron chi connectivity index (χ4n) is 3.67. The number of hydrogen-bond donors (Lipinski definition) is 3. The average Bonchev–Trinajstić information content (AvgIpc) is 2.89. The summed E-state index contributed by atoms with van der Waals surface area (Å²) in [6, 6.07) is 22.3. The van der Waals surface area contributed by atoms with Crippen LogP contribution in [0, 0.1) is 0 Å². The molecule has 9 heteroatoms. The summed E-state index contributed by atoms with van der Waals surface area (Å²) in [5.74, 6) is -0.288. The Morgan fingerprint density at radius 3 is 2.46 bits per heavy atom. The lowest BCUT2D eigenvalue weighted by Crippen LogP contribution is -2.31. The van der Waals surface area contributed by atoms with Crippen molar-refractivity contribution < 1.29 is 19.4 Å². The molecule has 0 aliphatic rings. The molecule has 0 fully saturated rings. The molecule has 4 rings (SSSR count). The van der Waals surface area contributed by atoms with Crippen molar-refractivity contribution in [1.29, 1.82) is 0 Å². The number of halogens is 2. The summed E-state index contributed by atoms with van der Waals surface area (Å²) in [6.07, 6.45) is 1.52. The van der Waals surface area contributed by atoms with Crippen molar-refractivity contribution in [2.24, 2.45) is 5.10 Å². The van der Waals surface area contributed by atoms with Crippen LogP contribution in [0.5, 0.6) is 11.5 Å². The predicted octanol–water partition coefficient (Wildman–Crippen LogP) is 5.87. The summed E-state index contributed by atoms with van der Waals surface area (Å²) in [5, 5.41) is 18.8. The van der Waals surface area contributed by atoms with Crippen molar-refractivity contribution >= 4 is 52.0 Å². The summed E-state index contributed by atoms with van der Waals surface area (Å²) in [5.41, 5.74) is 4.39. The normalized spacial score (nSPS) is 11.9. The van der Waals surface area contributed by atoms with Gasteiger partial charge in [-0.05, 0) is 60.3 Å². The Hall–Kier alpha value is -4.07. The molecule has 0 spiro atoms. The largest absolute Gasteiger partial charge is 0.506 e. The van der Waals surface area contributed by atoms with Crippen molar-refractivity contribution in [1.82, 2.24) is 10.7 Å². The van der Waals surface area contributed by atoms with Crippen molar-refractivity contribution in [3.05, 3.63) is 106 Å². The smallest absolute Gasteiger partial charge is 0.271 e. The number of hydrazone groups is 1. The van der Waals surface area contributed by atoms with Gasteiger partial charge in [-0.25, -0.2) is 5.43 Å². The SMILES string of the molecule is CC(NC(=O)COc1ccc(/C=N/NC(=O)c2ccc(O)c(Cl)c2)c2ccccc12)c1ccc(Cl)cc1. The Labute approximate surface area is 223 Å². The van der Waals surface area contributed by atoms with Crippen LogP contribution in [0.4, 0.5) is 0 Å². The first-order chi connectivity index (χ1) is 17.8. The van der Waals surface area contributed by atoms with E-state index in [1.165, 1.54) is 24.4 Å². The Balaban J connectivity index is 1.41. The Bertz CT molecular complexity index is 1470. The highest BCUT2D eigenvalue weighted by atomic mass is 35.5. The van der Waals surface area contributed by atoms with Gasteiger partial charge in [0.25, 0.3) is 11.8 Å². The highest BCUT2D eigenvalue weighted by Crippen LogP contribution is 2.28. The summed E-state index contributed by atoms with van der Waals surface area (Å²) < 4.78 is 5.83. The van der Waals surface area contributed by atoms with Gasteiger partial charge in [-0.15, -0.1) is 0 Å². The number of amides is 2. The molecular weight excluding hydrogens is 513 g/mol. The number of benzene rings is 4. The van der Waals surface area contributed by atoms with Crippen LogP contribution in [0.1, 0.15) is 34.5 Å². The third kappa shape index (κ3) is 6.58. The fraction of sp³-hybridized carbons (Fsp3) is 0.107. The van der Waals surface area contributed by atoms with E-state index in [1.807, 2.05) is 43.3 Å². The summed E-state index contributed by atoms with van der Waals surface area (Å²) >= 11 is 11.8. The van der Waals surface area contributed by atoms with E-state index in [9.17, 15) is 14.7 Å². The zero-order valence-electron chi connectivity index (χ0n) is 19.7. The van der Waals surface area contributed by atoms with Crippen molar-refractivity contribution in [3.8, 4) is 11.5 Å². The first-order valence-corrected chi connectivity index (χ1v) is 12.1. The number of nitrogens with zero attached hydrogens (tertiary/aromatic N) is 1. The molecule has 0 bridgehead atoms. The number of rotatable bonds is 8. The molecule has 0 heterocycles. The maximum absolute atomic E-state index is 12.5. The molecule has 0 saturated heterocycles. The summed E-state index contributed by atoms with van der Waals surface area (Å²) in [7, 11) is 0. The molecular formula is C28H23Cl2N3O4. The van der Waals surface area contributed by atoms with E-state index in [0.717, 1.165) is 21.9 Å². The Morgan fingerprint density at radius 2 is 1.73 bits per heavy atom. The number of aromatic hydroxyl groups is 1. The zero-order valence-corrected chi connectivity index (χ0v) is 21.3. The lowest BCUT2D eigenvalue weighted by Gasteiger charge is -2.15. The van der Waals surface area contributed by atoms with Crippen LogP contribution in [0.25, 0.3) is 10.8 Å². The molecule has 3 N–H and O–H groups in total. The van der Waals surface area contributed by atoms with Crippen molar-refractivity contribution in [2.45, 2.75) is 13.0 Å². The standard InChI is InChI=1S/C28H23Cl2N3O4/c1-17(18-6-10-21(29)11-7-18)32-27(35)16-37-26-13-9-20(22-4-2-3-5-23(22)26)15-31-33-28(36)19-8-12-25(34)24(30)14-19/h2-15,17,34H,16H2,1H3,(H,32,35)(H,33,36)/b31-15+. The predicted molar refractivity (Wildman–Crippen MR) is 146 cm³/mol.